The highest BCUT2D eigenvalue weighted by Gasteiger charge is 2.29. The van der Waals surface area contributed by atoms with Crippen molar-refractivity contribution in [2.45, 2.75) is 38.3 Å². The van der Waals surface area contributed by atoms with Gasteiger partial charge in [-0.15, -0.1) is 0 Å². The Hall–Kier alpha value is -1.40. The van der Waals surface area contributed by atoms with Crippen LogP contribution in [0.2, 0.25) is 0 Å². The number of hydrogen-bond acceptors (Lipinski definition) is 3. The van der Waals surface area contributed by atoms with Gasteiger partial charge in [0.05, 0.1) is 12.5 Å². The van der Waals surface area contributed by atoms with Crippen LogP contribution in [-0.4, -0.2) is 22.5 Å². The molecule has 2 rings (SSSR count). The van der Waals surface area contributed by atoms with E-state index in [2.05, 4.69) is 28.9 Å². The Morgan fingerprint density at radius 3 is 3.25 bits per heavy atom. The maximum atomic E-state index is 8.76. The minimum Gasteiger partial charge on any atom is -0.293 e. The molecule has 1 aliphatic rings. The summed E-state index contributed by atoms with van der Waals surface area (Å²) in [7, 11) is 0. The quantitative estimate of drug-likeness (QED) is 0.777. The fourth-order valence-electron chi connectivity index (χ4n) is 2.50. The molecule has 0 spiro atoms. The van der Waals surface area contributed by atoms with Gasteiger partial charge < -0.3 is 0 Å². The van der Waals surface area contributed by atoms with E-state index in [9.17, 15) is 0 Å². The van der Waals surface area contributed by atoms with Crippen molar-refractivity contribution in [1.29, 1.82) is 5.26 Å². The second kappa shape index (κ2) is 5.09. The molecule has 2 heterocycles. The number of rotatable bonds is 3. The van der Waals surface area contributed by atoms with Crippen LogP contribution in [-0.2, 0) is 0 Å². The summed E-state index contributed by atoms with van der Waals surface area (Å²) in [5.41, 5.74) is 1.28. The molecule has 0 amide bonds. The first-order valence-electron chi connectivity index (χ1n) is 5.85. The molecule has 0 saturated carbocycles. The van der Waals surface area contributed by atoms with Gasteiger partial charge in [0, 0.05) is 24.5 Å². The first-order valence-corrected chi connectivity index (χ1v) is 5.85. The molecular formula is C13H17N3. The molecule has 16 heavy (non-hydrogen) atoms. The minimum absolute atomic E-state index is 0.345. The Balaban J connectivity index is 2.13. The van der Waals surface area contributed by atoms with Gasteiger partial charge in [-0.2, -0.15) is 5.26 Å². The normalized spacial score (nSPS) is 22.9. The molecular weight excluding hydrogens is 198 g/mol. The predicted molar refractivity (Wildman–Crippen MR) is 62.6 cm³/mol. The highest BCUT2D eigenvalue weighted by molar-refractivity contribution is 5.15. The van der Waals surface area contributed by atoms with Crippen molar-refractivity contribution < 1.29 is 0 Å². The van der Waals surface area contributed by atoms with Crippen molar-refractivity contribution in [3.05, 3.63) is 30.1 Å². The number of hydrogen-bond donors (Lipinski definition) is 0. The summed E-state index contributed by atoms with van der Waals surface area (Å²) in [6, 6.07) is 7.18. The second-order valence-electron chi connectivity index (χ2n) is 4.39. The maximum Gasteiger partial charge on any atom is 0.0638 e. The van der Waals surface area contributed by atoms with E-state index in [-0.39, 0.29) is 0 Å². The maximum absolute atomic E-state index is 8.76. The van der Waals surface area contributed by atoms with Gasteiger partial charge in [-0.1, -0.05) is 6.07 Å². The average Bonchev–Trinajstić information content (AvgIpc) is 2.79. The Morgan fingerprint density at radius 1 is 1.69 bits per heavy atom. The highest BCUT2D eigenvalue weighted by atomic mass is 15.2. The lowest BCUT2D eigenvalue weighted by Crippen LogP contribution is -2.32. The van der Waals surface area contributed by atoms with Crippen LogP contribution >= 0.6 is 0 Å². The Kier molecular flexibility index (Phi) is 3.53. The van der Waals surface area contributed by atoms with E-state index in [1.807, 2.05) is 18.5 Å². The van der Waals surface area contributed by atoms with Crippen molar-refractivity contribution in [2.75, 3.05) is 6.54 Å². The summed E-state index contributed by atoms with van der Waals surface area (Å²) in [6.07, 6.45) is 6.76. The molecule has 1 aromatic rings. The van der Waals surface area contributed by atoms with Crippen molar-refractivity contribution in [2.24, 2.45) is 0 Å². The molecule has 0 aliphatic carbocycles. The number of nitriles is 1. The van der Waals surface area contributed by atoms with Gasteiger partial charge in [0.25, 0.3) is 0 Å². The van der Waals surface area contributed by atoms with E-state index in [1.54, 1.807) is 0 Å². The summed E-state index contributed by atoms with van der Waals surface area (Å²) < 4.78 is 0. The van der Waals surface area contributed by atoms with Gasteiger partial charge in [-0.3, -0.25) is 9.88 Å². The fourth-order valence-corrected chi connectivity index (χ4v) is 2.50. The molecule has 0 radical (unpaired) electrons. The van der Waals surface area contributed by atoms with Gasteiger partial charge in [-0.05, 0) is 37.9 Å². The van der Waals surface area contributed by atoms with Crippen molar-refractivity contribution >= 4 is 0 Å². The van der Waals surface area contributed by atoms with Gasteiger partial charge >= 0.3 is 0 Å². The third-order valence-corrected chi connectivity index (χ3v) is 3.32. The van der Waals surface area contributed by atoms with Crippen LogP contribution in [0.1, 0.15) is 37.8 Å². The Morgan fingerprint density at radius 2 is 2.56 bits per heavy atom. The van der Waals surface area contributed by atoms with Gasteiger partial charge in [0.15, 0.2) is 0 Å². The van der Waals surface area contributed by atoms with E-state index < -0.39 is 0 Å². The van der Waals surface area contributed by atoms with Gasteiger partial charge in [0.1, 0.15) is 0 Å². The van der Waals surface area contributed by atoms with Crippen LogP contribution < -0.4 is 0 Å². The molecule has 0 N–H and O–H groups in total. The summed E-state index contributed by atoms with van der Waals surface area (Å²) >= 11 is 0. The summed E-state index contributed by atoms with van der Waals surface area (Å²) in [6.45, 7) is 3.24. The number of nitrogens with zero attached hydrogens (tertiary/aromatic N) is 3. The zero-order valence-corrected chi connectivity index (χ0v) is 9.63. The van der Waals surface area contributed by atoms with E-state index in [0.29, 0.717) is 18.5 Å². The predicted octanol–water partition coefficient (Wildman–Crippen LogP) is 2.52. The first-order chi connectivity index (χ1) is 7.83. The molecule has 1 saturated heterocycles. The molecule has 2 atom stereocenters. The Bertz CT molecular complexity index is 369. The van der Waals surface area contributed by atoms with Crippen LogP contribution in [0.15, 0.2) is 24.5 Å². The van der Waals surface area contributed by atoms with Crippen LogP contribution in [0.25, 0.3) is 0 Å². The highest BCUT2D eigenvalue weighted by Crippen LogP contribution is 2.33. The summed E-state index contributed by atoms with van der Waals surface area (Å²) in [5, 5.41) is 8.76. The lowest BCUT2D eigenvalue weighted by atomic mass is 10.1. The molecule has 84 valence electrons. The van der Waals surface area contributed by atoms with E-state index in [1.165, 1.54) is 18.4 Å². The fraction of sp³-hybridized carbons (Fsp3) is 0.538. The van der Waals surface area contributed by atoms with Crippen LogP contribution in [0.3, 0.4) is 0 Å². The average molecular weight is 215 g/mol. The first kappa shape index (κ1) is 11.1. The monoisotopic (exact) mass is 215 g/mol. The van der Waals surface area contributed by atoms with Crippen LogP contribution in [0.5, 0.6) is 0 Å². The topological polar surface area (TPSA) is 39.9 Å². The summed E-state index contributed by atoms with van der Waals surface area (Å²) in [4.78, 5) is 6.61. The SMILES string of the molecule is CC(CC#N)N1CCC[C@@H]1c1cccnc1. The largest absolute Gasteiger partial charge is 0.293 e. The third kappa shape index (κ3) is 2.23. The van der Waals surface area contributed by atoms with Crippen molar-refractivity contribution in [3.8, 4) is 6.07 Å². The smallest absolute Gasteiger partial charge is 0.0638 e. The van der Waals surface area contributed by atoms with Crippen molar-refractivity contribution in [3.63, 3.8) is 0 Å². The number of pyridine rings is 1. The number of aromatic nitrogens is 1. The molecule has 1 aliphatic heterocycles. The lowest BCUT2D eigenvalue weighted by Gasteiger charge is -2.29. The molecule has 0 bridgehead atoms. The zero-order valence-electron chi connectivity index (χ0n) is 9.63. The number of likely N-dealkylation sites (tertiary alicyclic amines) is 1. The third-order valence-electron chi connectivity index (χ3n) is 3.32. The minimum atomic E-state index is 0.345. The Labute approximate surface area is 96.7 Å². The van der Waals surface area contributed by atoms with Crippen LogP contribution in [0, 0.1) is 11.3 Å². The van der Waals surface area contributed by atoms with E-state index in [0.717, 1.165) is 6.54 Å². The molecule has 0 aromatic carbocycles. The molecule has 1 aromatic heterocycles. The lowest BCUT2D eigenvalue weighted by molar-refractivity contribution is 0.194. The van der Waals surface area contributed by atoms with E-state index >= 15 is 0 Å². The van der Waals surface area contributed by atoms with E-state index in [4.69, 9.17) is 5.26 Å². The van der Waals surface area contributed by atoms with Crippen molar-refractivity contribution in [1.82, 2.24) is 9.88 Å². The van der Waals surface area contributed by atoms with Gasteiger partial charge in [0.2, 0.25) is 0 Å². The second-order valence-corrected chi connectivity index (χ2v) is 4.39. The standard InChI is InChI=1S/C13H17N3/c1-11(6-7-14)16-9-3-5-13(16)12-4-2-8-15-10-12/h2,4,8,10-11,13H,3,5-6,9H2,1H3/t11?,13-/m1/s1. The zero-order chi connectivity index (χ0) is 11.4. The molecule has 1 fully saturated rings. The van der Waals surface area contributed by atoms with Crippen LogP contribution in [0.4, 0.5) is 0 Å². The van der Waals surface area contributed by atoms with Gasteiger partial charge in [-0.25, -0.2) is 0 Å². The molecule has 3 nitrogen and oxygen atoms in total. The molecule has 1 unspecified atom stereocenters. The molecule has 3 heteroatoms. The summed E-state index contributed by atoms with van der Waals surface area (Å²) in [5.74, 6) is 0.